The van der Waals surface area contributed by atoms with E-state index in [9.17, 15) is 19.0 Å². The molecule has 10 heteroatoms. The summed E-state index contributed by atoms with van der Waals surface area (Å²) < 4.78 is 34.8. The maximum Gasteiger partial charge on any atom is 0.472 e. The molecule has 2 atom stereocenters. The Balaban J connectivity index is 4.00. The van der Waals surface area contributed by atoms with Crippen LogP contribution in [0.2, 0.25) is 0 Å². The average molecular weight is 1370 g/mol. The molecule has 0 aromatic heterocycles. The molecule has 1 N–H and O–H groups in total. The van der Waals surface area contributed by atoms with Crippen LogP contribution in [0, 0.1) is 0 Å². The topological polar surface area (TPSA) is 108 Å². The standard InChI is InChI=1S/C87H154NO8P/c1-6-8-10-12-14-16-18-20-22-24-26-28-30-32-34-36-38-40-41-42-43-44-45-46-47-48-50-52-54-56-58-60-62-64-66-68-70-72-74-76-78-80-87(90)96-85(84-95-97(91,92)94-82-81-88(3,4)5)83-93-86(89)79-77-75-73-71-69-67-65-63-61-59-57-55-53-51-49-39-37-35-33-31-29-27-25-23-21-19-17-15-13-11-9-7-2/h8,10,14,16,20,22,26,28,32,34,38,40,42-43,45-46,48,50,54,56,85H,6-7,9,11-13,15,17-19,21,23-25,27,29-31,33,35-37,39,41,44,47,49,51-53,55,57-84H2,1-5H3/p+1/b10-8-,16-14-,22-20-,28-26-,34-32-,40-38-,43-42-,46-45-,50-48-,56-54-. The largest absolute Gasteiger partial charge is 0.472 e. The van der Waals surface area contributed by atoms with E-state index in [0.717, 1.165) is 109 Å². The van der Waals surface area contributed by atoms with Crippen molar-refractivity contribution < 1.29 is 42.1 Å². The van der Waals surface area contributed by atoms with E-state index in [1.54, 1.807) is 0 Å². The van der Waals surface area contributed by atoms with Crippen molar-refractivity contribution in [3.05, 3.63) is 122 Å². The molecule has 0 aromatic carbocycles. The van der Waals surface area contributed by atoms with Crippen molar-refractivity contribution in [2.45, 2.75) is 373 Å². The Bertz CT molecular complexity index is 2060. The first-order valence-electron chi connectivity index (χ1n) is 40.8. The van der Waals surface area contributed by atoms with Gasteiger partial charge < -0.3 is 18.9 Å². The van der Waals surface area contributed by atoms with Crippen molar-refractivity contribution in [3.8, 4) is 0 Å². The second kappa shape index (κ2) is 76.6. The number of hydrogen-bond acceptors (Lipinski definition) is 7. The van der Waals surface area contributed by atoms with Gasteiger partial charge in [-0.25, -0.2) is 4.57 Å². The summed E-state index contributed by atoms with van der Waals surface area (Å²) in [6.07, 6.45) is 111. The average Bonchev–Trinajstić information content (AvgIpc) is 1.69. The Hall–Kier alpha value is -3.59. The molecule has 0 aromatic rings. The van der Waals surface area contributed by atoms with E-state index < -0.39 is 26.5 Å². The van der Waals surface area contributed by atoms with Crippen LogP contribution in [-0.4, -0.2) is 74.9 Å². The van der Waals surface area contributed by atoms with Gasteiger partial charge in [-0.05, 0) is 89.9 Å². The van der Waals surface area contributed by atoms with Crippen molar-refractivity contribution in [1.29, 1.82) is 0 Å². The molecular formula is C87H155NO8P+. The third-order valence-electron chi connectivity index (χ3n) is 17.8. The monoisotopic (exact) mass is 1370 g/mol. The summed E-state index contributed by atoms with van der Waals surface area (Å²) >= 11 is 0. The van der Waals surface area contributed by atoms with Gasteiger partial charge in [-0.15, -0.1) is 0 Å². The van der Waals surface area contributed by atoms with Crippen LogP contribution in [0.5, 0.6) is 0 Å². The highest BCUT2D eigenvalue weighted by Gasteiger charge is 2.27. The summed E-state index contributed by atoms with van der Waals surface area (Å²) in [5.74, 6) is -0.792. The van der Waals surface area contributed by atoms with Gasteiger partial charge in [0, 0.05) is 12.8 Å². The number of rotatable bonds is 75. The van der Waals surface area contributed by atoms with Gasteiger partial charge in [0.05, 0.1) is 27.7 Å². The highest BCUT2D eigenvalue weighted by molar-refractivity contribution is 7.47. The van der Waals surface area contributed by atoms with Crippen LogP contribution >= 0.6 is 7.82 Å². The van der Waals surface area contributed by atoms with Gasteiger partial charge in [0.25, 0.3) is 0 Å². The number of likely N-dealkylation sites (N-methyl/N-ethyl adjacent to an activating group) is 1. The molecule has 0 rings (SSSR count). The molecule has 97 heavy (non-hydrogen) atoms. The fourth-order valence-corrected chi connectivity index (χ4v) is 12.3. The molecule has 0 aliphatic rings. The molecule has 560 valence electrons. The van der Waals surface area contributed by atoms with E-state index in [-0.39, 0.29) is 32.0 Å². The maximum atomic E-state index is 12.9. The van der Waals surface area contributed by atoms with Crippen molar-refractivity contribution in [2.75, 3.05) is 47.5 Å². The summed E-state index contributed by atoms with van der Waals surface area (Å²) in [7, 11) is 1.48. The lowest BCUT2D eigenvalue weighted by atomic mass is 10.0. The molecule has 0 radical (unpaired) electrons. The Morgan fingerprint density at radius 3 is 0.876 bits per heavy atom. The summed E-state index contributed by atoms with van der Waals surface area (Å²) in [4.78, 5) is 36.0. The van der Waals surface area contributed by atoms with Crippen molar-refractivity contribution in [2.24, 2.45) is 0 Å². The minimum atomic E-state index is -4.40. The number of carbonyl (C=O) groups excluding carboxylic acids is 2. The lowest BCUT2D eigenvalue weighted by Crippen LogP contribution is -2.37. The molecule has 9 nitrogen and oxygen atoms in total. The molecule has 0 bridgehead atoms. The molecule has 0 amide bonds. The summed E-state index contributed by atoms with van der Waals surface area (Å²) in [5, 5.41) is 0. The van der Waals surface area contributed by atoms with Crippen molar-refractivity contribution in [3.63, 3.8) is 0 Å². The van der Waals surface area contributed by atoms with Gasteiger partial charge >= 0.3 is 19.8 Å². The summed E-state index contributed by atoms with van der Waals surface area (Å²) in [6, 6.07) is 0. The molecule has 2 unspecified atom stereocenters. The summed E-state index contributed by atoms with van der Waals surface area (Å²) in [6.45, 7) is 4.36. The predicted octanol–water partition coefficient (Wildman–Crippen LogP) is 27.3. The molecular weight excluding hydrogens is 1220 g/mol. The normalized spacial score (nSPS) is 13.7. The highest BCUT2D eigenvalue weighted by Crippen LogP contribution is 2.43. The lowest BCUT2D eigenvalue weighted by molar-refractivity contribution is -0.870. The smallest absolute Gasteiger partial charge is 0.462 e. The van der Waals surface area contributed by atoms with Crippen LogP contribution in [-0.2, 0) is 32.7 Å². The third-order valence-corrected chi connectivity index (χ3v) is 18.7. The molecule has 0 spiro atoms. The Labute approximate surface area is 600 Å². The van der Waals surface area contributed by atoms with Gasteiger partial charge in [-0.1, -0.05) is 386 Å². The highest BCUT2D eigenvalue weighted by atomic mass is 31.2. The quantitative estimate of drug-likeness (QED) is 0.0211. The Morgan fingerprint density at radius 1 is 0.330 bits per heavy atom. The molecule has 0 aliphatic carbocycles. The van der Waals surface area contributed by atoms with Crippen molar-refractivity contribution in [1.82, 2.24) is 0 Å². The van der Waals surface area contributed by atoms with E-state index in [0.29, 0.717) is 17.4 Å². The van der Waals surface area contributed by atoms with E-state index in [1.165, 1.54) is 225 Å². The first-order valence-corrected chi connectivity index (χ1v) is 42.3. The fourth-order valence-electron chi connectivity index (χ4n) is 11.6. The Kier molecular flexibility index (Phi) is 73.8. The Morgan fingerprint density at radius 2 is 0.588 bits per heavy atom. The van der Waals surface area contributed by atoms with Crippen LogP contribution in [0.4, 0.5) is 0 Å². The summed E-state index contributed by atoms with van der Waals surface area (Å²) in [5.41, 5.74) is 0. The van der Waals surface area contributed by atoms with E-state index in [1.807, 2.05) is 21.1 Å². The molecule has 0 aliphatic heterocycles. The van der Waals surface area contributed by atoms with Gasteiger partial charge in [0.1, 0.15) is 19.8 Å². The number of esters is 2. The predicted molar refractivity (Wildman–Crippen MR) is 422 cm³/mol. The van der Waals surface area contributed by atoms with Crippen LogP contribution in [0.1, 0.15) is 367 Å². The number of allylic oxidation sites excluding steroid dienone is 20. The lowest BCUT2D eigenvalue weighted by Gasteiger charge is -2.24. The molecule has 0 heterocycles. The van der Waals surface area contributed by atoms with E-state index >= 15 is 0 Å². The SMILES string of the molecule is CC/C=C\C/C=C\C/C=C\C/C=C\C/C=C\C/C=C\C/C=C\C/C=C\C/C=C\C/C=C\CCCCCCCCCCCCC(=O)OC(COC(=O)CCCCCCCCCCCCCCCCCCCCCCCCCCCCCCCCCC)COP(=O)(O)OCC[N+](C)(C)C. The van der Waals surface area contributed by atoms with Gasteiger partial charge in [-0.2, -0.15) is 0 Å². The molecule has 0 fully saturated rings. The number of quaternary nitrogens is 1. The van der Waals surface area contributed by atoms with Gasteiger partial charge in [-0.3, -0.25) is 18.6 Å². The maximum absolute atomic E-state index is 12.9. The zero-order valence-electron chi connectivity index (χ0n) is 64.0. The minimum absolute atomic E-state index is 0.0280. The number of phosphoric acid groups is 1. The fraction of sp³-hybridized carbons (Fsp3) is 0.747. The number of unbranched alkanes of at least 4 members (excludes halogenated alkanes) is 41. The first-order chi connectivity index (χ1) is 47.5. The molecule has 0 saturated heterocycles. The van der Waals surface area contributed by atoms with Crippen LogP contribution in [0.25, 0.3) is 0 Å². The zero-order chi connectivity index (χ0) is 70.4. The van der Waals surface area contributed by atoms with E-state index in [4.69, 9.17) is 18.5 Å². The zero-order valence-corrected chi connectivity index (χ0v) is 64.9. The second-order valence-electron chi connectivity index (χ2n) is 28.4. The van der Waals surface area contributed by atoms with Crippen LogP contribution < -0.4 is 0 Å². The number of ether oxygens (including phenoxy) is 2. The van der Waals surface area contributed by atoms with Crippen LogP contribution in [0.3, 0.4) is 0 Å². The van der Waals surface area contributed by atoms with Gasteiger partial charge in [0.15, 0.2) is 6.10 Å². The molecule has 0 saturated carbocycles. The van der Waals surface area contributed by atoms with Gasteiger partial charge in [0.2, 0.25) is 0 Å². The second-order valence-corrected chi connectivity index (χ2v) is 29.9. The van der Waals surface area contributed by atoms with E-state index in [2.05, 4.69) is 135 Å². The number of carbonyl (C=O) groups is 2. The minimum Gasteiger partial charge on any atom is -0.462 e. The third kappa shape index (κ3) is 81.3. The van der Waals surface area contributed by atoms with Crippen LogP contribution in [0.15, 0.2) is 122 Å². The van der Waals surface area contributed by atoms with Crippen molar-refractivity contribution >= 4 is 19.8 Å². The number of nitrogens with zero attached hydrogens (tertiary/aromatic N) is 1. The first kappa shape index (κ1) is 93.4. The number of phosphoric ester groups is 1. The number of hydrogen-bond donors (Lipinski definition) is 1.